The lowest BCUT2D eigenvalue weighted by molar-refractivity contribution is -0.152. The average Bonchev–Trinajstić information content (AvgIpc) is 3.12. The molecule has 2 heterocycles. The van der Waals surface area contributed by atoms with Crippen LogP contribution in [0.15, 0.2) is 24.3 Å². The van der Waals surface area contributed by atoms with Gasteiger partial charge in [-0.2, -0.15) is 0 Å². The number of carboxylic acid groups (broad SMARTS) is 1. The molecular formula is C17H22N2O5. The highest BCUT2D eigenvalue weighted by molar-refractivity contribution is 5.94. The number of ether oxygens (including phenoxy) is 2. The van der Waals surface area contributed by atoms with Crippen molar-refractivity contribution in [2.75, 3.05) is 46.5 Å². The van der Waals surface area contributed by atoms with Crippen LogP contribution < -0.4 is 4.74 Å². The number of benzene rings is 1. The topological polar surface area (TPSA) is 79.3 Å². The van der Waals surface area contributed by atoms with E-state index in [0.717, 1.165) is 0 Å². The van der Waals surface area contributed by atoms with Gasteiger partial charge in [0.05, 0.1) is 13.7 Å². The average molecular weight is 334 g/mol. The van der Waals surface area contributed by atoms with Crippen molar-refractivity contribution in [3.63, 3.8) is 0 Å². The molecule has 24 heavy (non-hydrogen) atoms. The molecule has 3 rings (SSSR count). The highest BCUT2D eigenvalue weighted by atomic mass is 16.5. The van der Waals surface area contributed by atoms with E-state index < -0.39 is 11.5 Å². The number of carboxylic acids is 1. The number of hydrogen-bond acceptors (Lipinski definition) is 5. The Morgan fingerprint density at radius 1 is 1.25 bits per heavy atom. The largest absolute Gasteiger partial charge is 0.497 e. The van der Waals surface area contributed by atoms with E-state index in [1.54, 1.807) is 36.3 Å². The van der Waals surface area contributed by atoms with Gasteiger partial charge in [-0.15, -0.1) is 0 Å². The predicted molar refractivity (Wildman–Crippen MR) is 86.3 cm³/mol. The fraction of sp³-hybridized carbons (Fsp3) is 0.529. The second-order valence-corrected chi connectivity index (χ2v) is 6.15. The van der Waals surface area contributed by atoms with Crippen LogP contribution in [-0.2, 0) is 9.53 Å². The lowest BCUT2D eigenvalue weighted by Crippen LogP contribution is -2.61. The van der Waals surface area contributed by atoms with Gasteiger partial charge < -0.3 is 19.5 Å². The monoisotopic (exact) mass is 334 g/mol. The zero-order valence-electron chi connectivity index (χ0n) is 13.7. The van der Waals surface area contributed by atoms with Crippen LogP contribution in [0.4, 0.5) is 0 Å². The van der Waals surface area contributed by atoms with E-state index in [4.69, 9.17) is 9.47 Å². The zero-order chi connectivity index (χ0) is 17.2. The van der Waals surface area contributed by atoms with Gasteiger partial charge in [-0.05, 0) is 18.2 Å². The highest BCUT2D eigenvalue weighted by Gasteiger charge is 2.48. The highest BCUT2D eigenvalue weighted by Crippen LogP contribution is 2.28. The summed E-state index contributed by atoms with van der Waals surface area (Å²) in [5.74, 6) is -0.249. The van der Waals surface area contributed by atoms with Gasteiger partial charge >= 0.3 is 5.97 Å². The number of methoxy groups -OCH3 is 1. The Hall–Kier alpha value is -2.12. The zero-order valence-corrected chi connectivity index (χ0v) is 13.7. The number of piperazine rings is 1. The van der Waals surface area contributed by atoms with Crippen LogP contribution in [0.5, 0.6) is 5.75 Å². The van der Waals surface area contributed by atoms with Crippen molar-refractivity contribution >= 4 is 11.9 Å². The Bertz CT molecular complexity index is 619. The molecule has 1 atom stereocenters. The van der Waals surface area contributed by atoms with Gasteiger partial charge in [0.15, 0.2) is 0 Å². The van der Waals surface area contributed by atoms with Crippen molar-refractivity contribution in [3.8, 4) is 5.75 Å². The molecule has 1 aromatic carbocycles. The summed E-state index contributed by atoms with van der Waals surface area (Å²) >= 11 is 0. The molecule has 1 aromatic rings. The Morgan fingerprint density at radius 2 is 2.00 bits per heavy atom. The Labute approximate surface area is 140 Å². The summed E-state index contributed by atoms with van der Waals surface area (Å²) in [5, 5.41) is 9.61. The second-order valence-electron chi connectivity index (χ2n) is 6.15. The minimum Gasteiger partial charge on any atom is -0.497 e. The molecule has 1 unspecified atom stereocenters. The third kappa shape index (κ3) is 2.97. The predicted octanol–water partition coefficient (Wildman–Crippen LogP) is 0.697. The minimum atomic E-state index is -0.939. The number of aliphatic carboxylic acids is 1. The van der Waals surface area contributed by atoms with Crippen molar-refractivity contribution < 1.29 is 24.2 Å². The number of hydrogen-bond donors (Lipinski definition) is 1. The first-order valence-corrected chi connectivity index (χ1v) is 8.06. The number of amides is 1. The first-order valence-electron chi connectivity index (χ1n) is 8.06. The van der Waals surface area contributed by atoms with Crippen LogP contribution in [0.25, 0.3) is 0 Å². The van der Waals surface area contributed by atoms with Crippen LogP contribution in [-0.4, -0.2) is 78.8 Å². The van der Waals surface area contributed by atoms with Crippen molar-refractivity contribution in [2.45, 2.75) is 12.0 Å². The number of carbonyl (C=O) groups is 2. The first kappa shape index (κ1) is 16.7. The lowest BCUT2D eigenvalue weighted by Gasteiger charge is -2.42. The standard InChI is InChI=1S/C17H22N2O5/c1-23-14-4-2-3-13(11-14)15(20)18-6-8-19(9-7-18)17(16(21)22)5-10-24-12-17/h2-4,11H,5-10,12H2,1H3,(H,21,22). The van der Waals surface area contributed by atoms with E-state index in [0.29, 0.717) is 50.5 Å². The molecule has 2 fully saturated rings. The first-order chi connectivity index (χ1) is 11.6. The van der Waals surface area contributed by atoms with Crippen molar-refractivity contribution in [3.05, 3.63) is 29.8 Å². The third-order valence-corrected chi connectivity index (χ3v) is 4.89. The van der Waals surface area contributed by atoms with E-state index in [2.05, 4.69) is 0 Å². The van der Waals surface area contributed by atoms with E-state index in [1.165, 1.54) is 0 Å². The maximum Gasteiger partial charge on any atom is 0.326 e. The summed E-state index contributed by atoms with van der Waals surface area (Å²) in [4.78, 5) is 28.0. The van der Waals surface area contributed by atoms with Crippen molar-refractivity contribution in [1.82, 2.24) is 9.80 Å². The van der Waals surface area contributed by atoms with Gasteiger partial charge in [0.2, 0.25) is 0 Å². The Balaban J connectivity index is 1.66. The molecule has 0 spiro atoms. The number of nitrogens with zero attached hydrogens (tertiary/aromatic N) is 2. The van der Waals surface area contributed by atoms with E-state index in [9.17, 15) is 14.7 Å². The van der Waals surface area contributed by atoms with Crippen LogP contribution in [0.1, 0.15) is 16.8 Å². The maximum atomic E-state index is 12.6. The molecule has 0 aliphatic carbocycles. The summed E-state index contributed by atoms with van der Waals surface area (Å²) in [7, 11) is 1.57. The van der Waals surface area contributed by atoms with E-state index in [-0.39, 0.29) is 12.5 Å². The Morgan fingerprint density at radius 3 is 2.58 bits per heavy atom. The molecule has 2 aliphatic rings. The quantitative estimate of drug-likeness (QED) is 0.873. The third-order valence-electron chi connectivity index (χ3n) is 4.89. The number of carbonyl (C=O) groups excluding carboxylic acids is 1. The number of rotatable bonds is 4. The second kappa shape index (κ2) is 6.78. The molecule has 1 amide bonds. The van der Waals surface area contributed by atoms with Gasteiger partial charge in [-0.25, -0.2) is 0 Å². The maximum absolute atomic E-state index is 12.6. The van der Waals surface area contributed by atoms with Gasteiger partial charge in [-0.1, -0.05) is 6.07 Å². The van der Waals surface area contributed by atoms with Gasteiger partial charge in [0.1, 0.15) is 11.3 Å². The van der Waals surface area contributed by atoms with Crippen molar-refractivity contribution in [2.24, 2.45) is 0 Å². The van der Waals surface area contributed by atoms with Gasteiger partial charge in [0, 0.05) is 44.8 Å². The molecule has 7 heteroatoms. The van der Waals surface area contributed by atoms with Crippen LogP contribution >= 0.6 is 0 Å². The van der Waals surface area contributed by atoms with Gasteiger partial charge in [-0.3, -0.25) is 14.5 Å². The fourth-order valence-corrected chi connectivity index (χ4v) is 3.38. The molecule has 0 bridgehead atoms. The molecule has 0 saturated carbocycles. The Kier molecular flexibility index (Phi) is 4.73. The molecule has 0 radical (unpaired) electrons. The van der Waals surface area contributed by atoms with E-state index in [1.807, 2.05) is 4.90 Å². The van der Waals surface area contributed by atoms with Crippen molar-refractivity contribution in [1.29, 1.82) is 0 Å². The summed E-state index contributed by atoms with van der Waals surface area (Å²) < 4.78 is 10.5. The van der Waals surface area contributed by atoms with E-state index >= 15 is 0 Å². The molecule has 2 aliphatic heterocycles. The summed E-state index contributed by atoms with van der Waals surface area (Å²) in [6.07, 6.45) is 0.492. The summed E-state index contributed by atoms with van der Waals surface area (Å²) in [6, 6.07) is 7.07. The van der Waals surface area contributed by atoms with Gasteiger partial charge in [0.25, 0.3) is 5.91 Å². The summed E-state index contributed by atoms with van der Waals surface area (Å²) in [6.45, 7) is 2.76. The summed E-state index contributed by atoms with van der Waals surface area (Å²) in [5.41, 5.74) is -0.356. The molecule has 0 aromatic heterocycles. The SMILES string of the molecule is COc1cccc(C(=O)N2CCN(C3(C(=O)O)CCOC3)CC2)c1. The molecule has 2 saturated heterocycles. The fourth-order valence-electron chi connectivity index (χ4n) is 3.38. The lowest BCUT2D eigenvalue weighted by atomic mass is 9.95. The molecular weight excluding hydrogens is 312 g/mol. The molecule has 1 N–H and O–H groups in total. The molecule has 7 nitrogen and oxygen atoms in total. The van der Waals surface area contributed by atoms with Crippen LogP contribution in [0.2, 0.25) is 0 Å². The van der Waals surface area contributed by atoms with Crippen LogP contribution in [0, 0.1) is 0 Å². The smallest absolute Gasteiger partial charge is 0.326 e. The minimum absolute atomic E-state index is 0.0550. The normalized spacial score (nSPS) is 24.8. The van der Waals surface area contributed by atoms with Crippen LogP contribution in [0.3, 0.4) is 0 Å². The molecule has 130 valence electrons.